The van der Waals surface area contributed by atoms with Gasteiger partial charge < -0.3 is 45.3 Å². The smallest absolute Gasteiger partial charge is 0.204 e. The SMILES string of the molecule is Oc1c(O)c(O)c2c(-c3ccc4oc5cc6ccccc6cc5c4c3)c3c(O)c(O)c(O)c(O)c3c(-c3cccc(-c4ccc5ccccc5c4)c3)c2c1O. The number of phenols is 8. The van der Waals surface area contributed by atoms with Crippen LogP contribution in [0.15, 0.2) is 126 Å². The lowest BCUT2D eigenvalue weighted by molar-refractivity contribution is 0.350. The molecule has 8 N–H and O–H groups in total. The van der Waals surface area contributed by atoms with Crippen molar-refractivity contribution in [3.05, 3.63) is 121 Å². The van der Waals surface area contributed by atoms with Crippen LogP contribution in [0.1, 0.15) is 0 Å². The van der Waals surface area contributed by atoms with Gasteiger partial charge in [-0.25, -0.2) is 0 Å². The number of fused-ring (bicyclic) bond motifs is 7. The Morgan fingerprint density at radius 3 is 1.31 bits per heavy atom. The summed E-state index contributed by atoms with van der Waals surface area (Å²) < 4.78 is 6.21. The monoisotopic (exact) mass is 724 g/mol. The second kappa shape index (κ2) is 11.4. The predicted octanol–water partition coefficient (Wildman–Crippen LogP) is 10.8. The molecule has 0 aliphatic heterocycles. The zero-order valence-electron chi connectivity index (χ0n) is 28.5. The van der Waals surface area contributed by atoms with Crippen molar-refractivity contribution < 1.29 is 45.3 Å². The maximum Gasteiger partial charge on any atom is 0.204 e. The van der Waals surface area contributed by atoms with Gasteiger partial charge in [-0.3, -0.25) is 0 Å². The lowest BCUT2D eigenvalue weighted by Crippen LogP contribution is -1.95. The van der Waals surface area contributed by atoms with Gasteiger partial charge >= 0.3 is 0 Å². The van der Waals surface area contributed by atoms with E-state index in [2.05, 4.69) is 0 Å². The molecule has 10 rings (SSSR count). The maximum absolute atomic E-state index is 11.7. The molecule has 266 valence electrons. The summed E-state index contributed by atoms with van der Waals surface area (Å²) in [6, 6.07) is 37.5. The van der Waals surface area contributed by atoms with Crippen molar-refractivity contribution in [1.82, 2.24) is 0 Å². The van der Waals surface area contributed by atoms with Gasteiger partial charge in [0.25, 0.3) is 0 Å². The summed E-state index contributed by atoms with van der Waals surface area (Å²) in [5.74, 6) is -7.50. The van der Waals surface area contributed by atoms with E-state index in [1.54, 1.807) is 36.4 Å². The first-order valence-corrected chi connectivity index (χ1v) is 17.3. The Labute approximate surface area is 310 Å². The van der Waals surface area contributed by atoms with E-state index in [1.165, 1.54) is 0 Å². The quantitative estimate of drug-likeness (QED) is 0.0501. The first kappa shape index (κ1) is 31.9. The third-order valence-corrected chi connectivity index (χ3v) is 10.7. The van der Waals surface area contributed by atoms with Crippen molar-refractivity contribution in [2.24, 2.45) is 0 Å². The molecule has 0 spiro atoms. The molecule has 0 atom stereocenters. The summed E-state index contributed by atoms with van der Waals surface area (Å²) in [6.07, 6.45) is 0. The molecule has 9 aromatic carbocycles. The summed E-state index contributed by atoms with van der Waals surface area (Å²) >= 11 is 0. The fraction of sp³-hybridized carbons (Fsp3) is 0. The van der Waals surface area contributed by atoms with Crippen LogP contribution >= 0.6 is 0 Å². The molecule has 9 nitrogen and oxygen atoms in total. The first-order chi connectivity index (χ1) is 26.6. The molecular weight excluding hydrogens is 696 g/mol. The number of rotatable bonds is 3. The van der Waals surface area contributed by atoms with Crippen molar-refractivity contribution in [2.75, 3.05) is 0 Å². The average Bonchev–Trinajstić information content (AvgIpc) is 3.57. The van der Waals surface area contributed by atoms with E-state index in [9.17, 15) is 40.9 Å². The fourth-order valence-corrected chi connectivity index (χ4v) is 8.04. The topological polar surface area (TPSA) is 175 Å². The normalized spacial score (nSPS) is 11.9. The standard InChI is InChI=1S/C46H28O9/c47-39-35-33(27-11-5-10-23(17-27)26-13-12-21-6-1-2-7-22(21)16-26)36-38(42(50)46(54)44(52)40(36)48)34(37(35)41(49)45(53)43(39)51)28-14-15-31-29(19-28)30-18-24-8-3-4-9-25(24)20-32(30)55-31/h1-20,47-54H. The minimum Gasteiger partial charge on any atom is -0.504 e. The van der Waals surface area contributed by atoms with Crippen molar-refractivity contribution in [3.8, 4) is 79.4 Å². The molecule has 0 aliphatic carbocycles. The van der Waals surface area contributed by atoms with E-state index in [0.717, 1.165) is 38.1 Å². The number of furan rings is 1. The van der Waals surface area contributed by atoms with Crippen LogP contribution in [0.2, 0.25) is 0 Å². The Hall–Kier alpha value is -7.78. The number of hydrogen-bond acceptors (Lipinski definition) is 9. The van der Waals surface area contributed by atoms with Gasteiger partial charge in [-0.2, -0.15) is 0 Å². The first-order valence-electron chi connectivity index (χ1n) is 17.3. The molecule has 1 aromatic heterocycles. The molecule has 0 radical (unpaired) electrons. The molecule has 1 heterocycles. The molecule has 10 aromatic rings. The van der Waals surface area contributed by atoms with Crippen LogP contribution in [0.3, 0.4) is 0 Å². The summed E-state index contributed by atoms with van der Waals surface area (Å²) in [5.41, 5.74) is 3.24. The van der Waals surface area contributed by atoms with E-state index < -0.39 is 46.0 Å². The van der Waals surface area contributed by atoms with Crippen molar-refractivity contribution in [3.63, 3.8) is 0 Å². The number of hydrogen-bond donors (Lipinski definition) is 8. The van der Waals surface area contributed by atoms with Gasteiger partial charge in [0.15, 0.2) is 23.0 Å². The van der Waals surface area contributed by atoms with E-state index >= 15 is 0 Å². The van der Waals surface area contributed by atoms with E-state index in [0.29, 0.717) is 27.7 Å². The highest BCUT2D eigenvalue weighted by atomic mass is 16.4. The zero-order valence-corrected chi connectivity index (χ0v) is 28.5. The molecule has 0 aliphatic rings. The van der Waals surface area contributed by atoms with Gasteiger partial charge in [0.05, 0.1) is 0 Å². The summed E-state index contributed by atoms with van der Waals surface area (Å²) in [4.78, 5) is 0. The Morgan fingerprint density at radius 1 is 0.291 bits per heavy atom. The van der Waals surface area contributed by atoms with Gasteiger partial charge in [0.1, 0.15) is 11.2 Å². The molecule has 0 saturated carbocycles. The van der Waals surface area contributed by atoms with Crippen LogP contribution in [0.25, 0.3) is 98.4 Å². The molecule has 0 unspecified atom stereocenters. The predicted molar refractivity (Wildman–Crippen MR) is 213 cm³/mol. The van der Waals surface area contributed by atoms with Gasteiger partial charge in [-0.15, -0.1) is 0 Å². The molecule has 0 bridgehead atoms. The highest BCUT2D eigenvalue weighted by Crippen LogP contribution is 2.62. The molecular formula is C46H28O9. The summed E-state index contributed by atoms with van der Waals surface area (Å²) in [6.45, 7) is 0. The fourth-order valence-electron chi connectivity index (χ4n) is 8.04. The highest BCUT2D eigenvalue weighted by molar-refractivity contribution is 6.29. The Morgan fingerprint density at radius 2 is 0.727 bits per heavy atom. The van der Waals surface area contributed by atoms with Crippen LogP contribution in [0.5, 0.6) is 46.0 Å². The third kappa shape index (κ3) is 4.47. The van der Waals surface area contributed by atoms with Gasteiger partial charge in [0.2, 0.25) is 23.0 Å². The van der Waals surface area contributed by atoms with Crippen molar-refractivity contribution in [2.45, 2.75) is 0 Å². The Kier molecular flexibility index (Phi) is 6.59. The number of phenolic OH excluding ortho intramolecular Hbond substituents is 8. The largest absolute Gasteiger partial charge is 0.504 e. The molecule has 0 saturated heterocycles. The minimum absolute atomic E-state index is 0.0242. The second-order valence-corrected chi connectivity index (χ2v) is 13.7. The minimum atomic E-state index is -1.03. The lowest BCUT2D eigenvalue weighted by Gasteiger charge is -2.22. The second-order valence-electron chi connectivity index (χ2n) is 13.7. The molecule has 9 heteroatoms. The Balaban J connectivity index is 1.35. The lowest BCUT2D eigenvalue weighted by atomic mass is 9.83. The summed E-state index contributed by atoms with van der Waals surface area (Å²) in [5, 5.41) is 95.3. The van der Waals surface area contributed by atoms with Crippen LogP contribution in [-0.2, 0) is 0 Å². The van der Waals surface area contributed by atoms with E-state index in [-0.39, 0.29) is 32.7 Å². The van der Waals surface area contributed by atoms with Crippen LogP contribution in [-0.4, -0.2) is 40.9 Å². The molecule has 0 amide bonds. The summed E-state index contributed by atoms with van der Waals surface area (Å²) in [7, 11) is 0. The third-order valence-electron chi connectivity index (χ3n) is 10.7. The maximum atomic E-state index is 11.7. The molecule has 0 fully saturated rings. The highest BCUT2D eigenvalue weighted by Gasteiger charge is 2.32. The Bertz CT molecular complexity index is 3220. The molecule has 55 heavy (non-hydrogen) atoms. The van der Waals surface area contributed by atoms with Crippen molar-refractivity contribution in [1.29, 1.82) is 0 Å². The average molecular weight is 725 g/mol. The number of benzene rings is 9. The van der Waals surface area contributed by atoms with E-state index in [1.807, 2.05) is 84.9 Å². The zero-order chi connectivity index (χ0) is 37.9. The van der Waals surface area contributed by atoms with Crippen LogP contribution < -0.4 is 0 Å². The van der Waals surface area contributed by atoms with Crippen molar-refractivity contribution >= 4 is 65.0 Å². The van der Waals surface area contributed by atoms with Gasteiger partial charge in [0, 0.05) is 43.4 Å². The van der Waals surface area contributed by atoms with Gasteiger partial charge in [-0.1, -0.05) is 84.9 Å². The number of aromatic hydroxyl groups is 8. The van der Waals surface area contributed by atoms with Gasteiger partial charge in [-0.05, 0) is 80.2 Å². The van der Waals surface area contributed by atoms with E-state index in [4.69, 9.17) is 4.42 Å². The van der Waals surface area contributed by atoms with Crippen LogP contribution in [0, 0.1) is 0 Å². The van der Waals surface area contributed by atoms with Crippen LogP contribution in [0.4, 0.5) is 0 Å².